The lowest BCUT2D eigenvalue weighted by molar-refractivity contribution is -0.134. The molecule has 2 amide bonds. The minimum atomic E-state index is -0.580. The molecule has 0 spiro atoms. The van der Waals surface area contributed by atoms with Gasteiger partial charge in [0.15, 0.2) is 0 Å². The molecule has 2 aromatic rings. The average molecular weight is 397 g/mol. The third kappa shape index (κ3) is 5.79. The van der Waals surface area contributed by atoms with Crippen LogP contribution in [0.1, 0.15) is 34.3 Å². The van der Waals surface area contributed by atoms with Gasteiger partial charge in [-0.05, 0) is 62.7 Å². The molecule has 0 bridgehead atoms. The first-order valence-corrected chi connectivity index (χ1v) is 9.81. The number of hydrogen-bond donors (Lipinski definition) is 3. The average Bonchev–Trinajstić information content (AvgIpc) is 3.27. The summed E-state index contributed by atoms with van der Waals surface area (Å²) >= 11 is 0. The van der Waals surface area contributed by atoms with Crippen LogP contribution in [0.4, 0.5) is 0 Å². The van der Waals surface area contributed by atoms with Gasteiger partial charge in [-0.3, -0.25) is 19.7 Å². The number of rotatable bonds is 8. The Morgan fingerprint density at radius 1 is 1.14 bits per heavy atom. The van der Waals surface area contributed by atoms with E-state index in [1.165, 1.54) is 5.56 Å². The lowest BCUT2D eigenvalue weighted by atomic mass is 10.1. The number of nitrogens with one attached hydrogen (secondary N) is 2. The summed E-state index contributed by atoms with van der Waals surface area (Å²) in [5.74, 6) is -0.102. The molecule has 0 aromatic heterocycles. The van der Waals surface area contributed by atoms with E-state index in [9.17, 15) is 9.59 Å². The molecule has 1 unspecified atom stereocenters. The molecule has 1 aliphatic rings. The Morgan fingerprint density at radius 2 is 1.86 bits per heavy atom. The number of benzene rings is 2. The zero-order valence-electron chi connectivity index (χ0n) is 16.6. The maximum absolute atomic E-state index is 12.4. The highest BCUT2D eigenvalue weighted by atomic mass is 16.5. The third-order valence-corrected chi connectivity index (χ3v) is 5.05. The van der Waals surface area contributed by atoms with E-state index in [4.69, 9.17) is 9.94 Å². The second-order valence-electron chi connectivity index (χ2n) is 7.25. The summed E-state index contributed by atoms with van der Waals surface area (Å²) in [6.07, 6.45) is 2.01. The van der Waals surface area contributed by atoms with Crippen LogP contribution in [0.15, 0.2) is 48.5 Å². The topological polar surface area (TPSA) is 90.9 Å². The fraction of sp³-hybridized carbons (Fsp3) is 0.364. The first-order valence-electron chi connectivity index (χ1n) is 9.81. The normalized spacial score (nSPS) is 15.0. The summed E-state index contributed by atoms with van der Waals surface area (Å²) in [5, 5.41) is 11.8. The fourth-order valence-electron chi connectivity index (χ4n) is 3.48. The second kappa shape index (κ2) is 10.0. The van der Waals surface area contributed by atoms with Crippen LogP contribution in [-0.4, -0.2) is 47.6 Å². The number of ether oxygens (including phenoxy) is 1. The maximum Gasteiger partial charge on any atom is 0.262 e. The lowest BCUT2D eigenvalue weighted by Crippen LogP contribution is -2.51. The first kappa shape index (κ1) is 20.8. The van der Waals surface area contributed by atoms with E-state index < -0.39 is 11.9 Å². The Hall–Kier alpha value is -2.90. The molecule has 1 atom stereocenters. The van der Waals surface area contributed by atoms with Gasteiger partial charge in [0.2, 0.25) is 0 Å². The van der Waals surface area contributed by atoms with Gasteiger partial charge in [-0.25, -0.2) is 5.48 Å². The zero-order valence-corrected chi connectivity index (χ0v) is 16.6. The van der Waals surface area contributed by atoms with Gasteiger partial charge in [0, 0.05) is 12.1 Å². The molecule has 0 radical (unpaired) electrons. The Morgan fingerprint density at radius 3 is 2.52 bits per heavy atom. The van der Waals surface area contributed by atoms with Gasteiger partial charge in [-0.2, -0.15) is 0 Å². The van der Waals surface area contributed by atoms with Gasteiger partial charge >= 0.3 is 0 Å². The van der Waals surface area contributed by atoms with Gasteiger partial charge < -0.3 is 10.1 Å². The van der Waals surface area contributed by atoms with Crippen LogP contribution in [-0.2, 0) is 11.4 Å². The highest BCUT2D eigenvalue weighted by molar-refractivity contribution is 5.94. The number of nitrogens with zero attached hydrogens (tertiary/aromatic N) is 1. The number of hydroxylamine groups is 1. The molecule has 3 rings (SSSR count). The number of likely N-dealkylation sites (tertiary alicyclic amines) is 1. The van der Waals surface area contributed by atoms with Crippen molar-refractivity contribution in [3.63, 3.8) is 0 Å². The van der Waals surface area contributed by atoms with Crippen LogP contribution >= 0.6 is 0 Å². The molecule has 1 saturated heterocycles. The van der Waals surface area contributed by atoms with Crippen LogP contribution in [0.2, 0.25) is 0 Å². The van der Waals surface area contributed by atoms with E-state index in [1.807, 2.05) is 30.0 Å². The standard InChI is InChI=1S/C22H27N3O4/c1-16-5-4-6-17(13-16)15-29-19-9-7-18(8-10-19)21(26)23-14-20(22(27)24-28)25-11-2-3-12-25/h4-10,13,20,28H,2-3,11-12,14-15H2,1H3,(H,23,26)(H,24,27). The van der Waals surface area contributed by atoms with Crippen LogP contribution in [0.3, 0.4) is 0 Å². The second-order valence-corrected chi connectivity index (χ2v) is 7.25. The van der Waals surface area contributed by atoms with Gasteiger partial charge in [0.1, 0.15) is 18.4 Å². The van der Waals surface area contributed by atoms with Gasteiger partial charge in [-0.1, -0.05) is 29.8 Å². The molecule has 0 aliphatic carbocycles. The van der Waals surface area contributed by atoms with E-state index in [0.29, 0.717) is 17.9 Å². The van der Waals surface area contributed by atoms with Crippen molar-refractivity contribution in [2.75, 3.05) is 19.6 Å². The quantitative estimate of drug-likeness (QED) is 0.470. The predicted octanol–water partition coefficient (Wildman–Crippen LogP) is 2.27. The smallest absolute Gasteiger partial charge is 0.262 e. The van der Waals surface area contributed by atoms with Crippen molar-refractivity contribution in [3.8, 4) is 5.75 Å². The molecule has 2 aromatic carbocycles. The van der Waals surface area contributed by atoms with Gasteiger partial charge in [0.05, 0.1) is 0 Å². The van der Waals surface area contributed by atoms with E-state index in [1.54, 1.807) is 29.7 Å². The predicted molar refractivity (Wildman–Crippen MR) is 109 cm³/mol. The summed E-state index contributed by atoms with van der Waals surface area (Å²) in [7, 11) is 0. The SMILES string of the molecule is Cc1cccc(COc2ccc(C(=O)NCC(C(=O)NO)N3CCCC3)cc2)c1. The molecule has 0 saturated carbocycles. The van der Waals surface area contributed by atoms with Crippen molar-refractivity contribution in [2.45, 2.75) is 32.4 Å². The largest absolute Gasteiger partial charge is 0.489 e. The Labute approximate surface area is 170 Å². The van der Waals surface area contributed by atoms with Crippen molar-refractivity contribution in [1.29, 1.82) is 0 Å². The summed E-state index contributed by atoms with van der Waals surface area (Å²) in [6, 6.07) is 14.4. The molecular formula is C22H27N3O4. The Balaban J connectivity index is 1.53. The monoisotopic (exact) mass is 397 g/mol. The Bertz CT molecular complexity index is 832. The lowest BCUT2D eigenvalue weighted by Gasteiger charge is -2.25. The number of carbonyl (C=O) groups is 2. The van der Waals surface area contributed by atoms with Gasteiger partial charge in [-0.15, -0.1) is 0 Å². The van der Waals surface area contributed by atoms with Crippen molar-refractivity contribution in [1.82, 2.24) is 15.7 Å². The van der Waals surface area contributed by atoms with Crippen molar-refractivity contribution in [3.05, 3.63) is 65.2 Å². The minimum Gasteiger partial charge on any atom is -0.489 e. The van der Waals surface area contributed by atoms with Crippen LogP contribution < -0.4 is 15.5 Å². The van der Waals surface area contributed by atoms with E-state index in [-0.39, 0.29) is 12.5 Å². The van der Waals surface area contributed by atoms with Gasteiger partial charge in [0.25, 0.3) is 11.8 Å². The van der Waals surface area contributed by atoms with Crippen molar-refractivity contribution in [2.24, 2.45) is 0 Å². The first-order chi connectivity index (χ1) is 14.1. The highest BCUT2D eigenvalue weighted by Crippen LogP contribution is 2.15. The molecule has 3 N–H and O–H groups in total. The molecule has 1 heterocycles. The summed E-state index contributed by atoms with van der Waals surface area (Å²) < 4.78 is 5.77. The number of hydrogen-bond acceptors (Lipinski definition) is 5. The number of carbonyl (C=O) groups excluding carboxylic acids is 2. The minimum absolute atomic E-state index is 0.136. The summed E-state index contributed by atoms with van der Waals surface area (Å²) in [6.45, 7) is 4.19. The van der Waals surface area contributed by atoms with Crippen LogP contribution in [0.25, 0.3) is 0 Å². The number of amides is 2. The highest BCUT2D eigenvalue weighted by Gasteiger charge is 2.28. The third-order valence-electron chi connectivity index (χ3n) is 5.05. The Kier molecular flexibility index (Phi) is 7.21. The van der Waals surface area contributed by atoms with Crippen LogP contribution in [0, 0.1) is 6.92 Å². The van der Waals surface area contributed by atoms with Crippen molar-refractivity contribution < 1.29 is 19.5 Å². The maximum atomic E-state index is 12.4. The van der Waals surface area contributed by atoms with E-state index in [0.717, 1.165) is 31.5 Å². The molecule has 1 fully saturated rings. The molecule has 29 heavy (non-hydrogen) atoms. The fourth-order valence-corrected chi connectivity index (χ4v) is 3.48. The van der Waals surface area contributed by atoms with Crippen LogP contribution in [0.5, 0.6) is 5.75 Å². The number of aryl methyl sites for hydroxylation is 1. The molecule has 154 valence electrons. The summed E-state index contributed by atoms with van der Waals surface area (Å²) in [5.41, 5.74) is 4.45. The zero-order chi connectivity index (χ0) is 20.6. The molecular weight excluding hydrogens is 370 g/mol. The summed E-state index contributed by atoms with van der Waals surface area (Å²) in [4.78, 5) is 26.3. The van der Waals surface area contributed by atoms with E-state index >= 15 is 0 Å². The molecule has 7 nitrogen and oxygen atoms in total. The molecule has 1 aliphatic heterocycles. The van der Waals surface area contributed by atoms with Crippen molar-refractivity contribution >= 4 is 11.8 Å². The molecule has 7 heteroatoms. The van der Waals surface area contributed by atoms with E-state index in [2.05, 4.69) is 11.4 Å².